The molecule has 2 aromatic heterocycles. The van der Waals surface area contributed by atoms with E-state index in [2.05, 4.69) is 15.4 Å². The molecule has 0 spiro atoms. The Kier molecular flexibility index (Phi) is 5.14. The molecule has 9 nitrogen and oxygen atoms in total. The lowest BCUT2D eigenvalue weighted by atomic mass is 9.99. The van der Waals surface area contributed by atoms with Crippen LogP contribution in [0.15, 0.2) is 42.9 Å². The number of β-amino-alcohol motifs (C(OH)–C–C–N with tert-alkyl or cyclic N) is 2. The number of fused-ring (bicyclic) bond motifs is 1. The first-order valence-electron chi connectivity index (χ1n) is 9.11. The van der Waals surface area contributed by atoms with E-state index in [9.17, 15) is 10.2 Å². The van der Waals surface area contributed by atoms with Crippen LogP contribution in [0.5, 0.6) is 5.75 Å². The predicted octanol–water partition coefficient (Wildman–Crippen LogP) is 0.346. The summed E-state index contributed by atoms with van der Waals surface area (Å²) in [6.07, 6.45) is 1.84. The Morgan fingerprint density at radius 2 is 2.04 bits per heavy atom. The topological polar surface area (TPSA) is 121 Å². The van der Waals surface area contributed by atoms with Gasteiger partial charge in [0, 0.05) is 37.6 Å². The van der Waals surface area contributed by atoms with E-state index < -0.39 is 18.2 Å². The highest BCUT2D eigenvalue weighted by molar-refractivity contribution is 5.76. The van der Waals surface area contributed by atoms with Crippen LogP contribution < -0.4 is 15.8 Å². The Balaban J connectivity index is 1.62. The van der Waals surface area contributed by atoms with Crippen LogP contribution >= 0.6 is 0 Å². The normalized spacial score (nSPS) is 23.1. The molecule has 4 rings (SSSR count). The van der Waals surface area contributed by atoms with Crippen LogP contribution in [0, 0.1) is 0 Å². The van der Waals surface area contributed by atoms with Gasteiger partial charge in [0.15, 0.2) is 5.82 Å². The Morgan fingerprint density at radius 1 is 1.25 bits per heavy atom. The molecule has 1 fully saturated rings. The number of aliphatic hydroxyl groups is 2. The number of anilines is 2. The number of aromatic nitrogens is 3. The molecular weight excluding hydrogens is 360 g/mol. The van der Waals surface area contributed by atoms with Gasteiger partial charge >= 0.3 is 0 Å². The zero-order valence-electron chi connectivity index (χ0n) is 15.6. The van der Waals surface area contributed by atoms with Crippen LogP contribution in [-0.2, 0) is 6.54 Å². The lowest BCUT2D eigenvalue weighted by molar-refractivity contribution is -0.0289. The molecule has 1 aliphatic heterocycles. The molecule has 0 aliphatic carbocycles. The zero-order chi connectivity index (χ0) is 19.7. The molecule has 0 amide bonds. The van der Waals surface area contributed by atoms with Crippen molar-refractivity contribution in [1.82, 2.24) is 19.5 Å². The summed E-state index contributed by atoms with van der Waals surface area (Å²) < 4.78 is 7.03. The number of hydrogen-bond acceptors (Lipinski definition) is 8. The summed E-state index contributed by atoms with van der Waals surface area (Å²) in [5.74, 6) is 1.41. The minimum Gasteiger partial charge on any atom is -0.497 e. The van der Waals surface area contributed by atoms with Gasteiger partial charge in [-0.3, -0.25) is 4.90 Å². The first kappa shape index (κ1) is 18.6. The molecule has 1 aromatic carbocycles. The number of nitrogens with zero attached hydrogens (tertiary/aromatic N) is 4. The molecule has 9 heteroatoms. The van der Waals surface area contributed by atoms with Gasteiger partial charge in [-0.1, -0.05) is 6.07 Å². The second kappa shape index (κ2) is 7.72. The average Bonchev–Trinajstić information content (AvgIpc) is 3.10. The van der Waals surface area contributed by atoms with E-state index in [0.717, 1.165) is 22.5 Å². The van der Waals surface area contributed by atoms with Gasteiger partial charge in [-0.15, -0.1) is 0 Å². The van der Waals surface area contributed by atoms with Crippen molar-refractivity contribution < 1.29 is 14.9 Å². The number of nitrogens with two attached hydrogens (primary N) is 1. The Morgan fingerprint density at radius 3 is 2.79 bits per heavy atom. The summed E-state index contributed by atoms with van der Waals surface area (Å²) in [4.78, 5) is 6.39. The largest absolute Gasteiger partial charge is 0.497 e. The van der Waals surface area contributed by atoms with Crippen LogP contribution in [0.4, 0.5) is 11.5 Å². The van der Waals surface area contributed by atoms with Crippen molar-refractivity contribution in [2.75, 3.05) is 25.5 Å². The van der Waals surface area contributed by atoms with Crippen molar-refractivity contribution >= 4 is 17.0 Å². The number of benzene rings is 1. The molecular formula is C19H24N6O3. The number of methoxy groups -OCH3 is 1. The lowest BCUT2D eigenvalue weighted by Crippen LogP contribution is -2.58. The number of piperidine rings is 1. The summed E-state index contributed by atoms with van der Waals surface area (Å²) in [5, 5.41) is 27.8. The minimum atomic E-state index is -0.761. The van der Waals surface area contributed by atoms with Gasteiger partial charge in [0.2, 0.25) is 0 Å². The summed E-state index contributed by atoms with van der Waals surface area (Å²) in [7, 11) is 1.63. The van der Waals surface area contributed by atoms with E-state index in [1.807, 2.05) is 41.4 Å². The monoisotopic (exact) mass is 384 g/mol. The Labute approximate surface area is 162 Å². The van der Waals surface area contributed by atoms with Crippen LogP contribution in [0.1, 0.15) is 5.56 Å². The summed E-state index contributed by atoms with van der Waals surface area (Å²) >= 11 is 0. The molecule has 1 aliphatic rings. The van der Waals surface area contributed by atoms with Crippen molar-refractivity contribution in [2.24, 2.45) is 5.73 Å². The Bertz CT molecular complexity index is 950. The van der Waals surface area contributed by atoms with Gasteiger partial charge in [-0.25, -0.2) is 9.50 Å². The van der Waals surface area contributed by atoms with Crippen LogP contribution in [0.2, 0.25) is 0 Å². The SMILES string of the molecule is COc1cccc(Nc2ncnn3ccc(CN4CC(O)C(N)C(O)C4)c23)c1. The first-order valence-corrected chi connectivity index (χ1v) is 9.11. The van der Waals surface area contributed by atoms with Crippen molar-refractivity contribution in [3.05, 3.63) is 48.4 Å². The second-order valence-corrected chi connectivity index (χ2v) is 7.01. The average molecular weight is 384 g/mol. The van der Waals surface area contributed by atoms with Crippen molar-refractivity contribution in [3.8, 4) is 5.75 Å². The third kappa shape index (κ3) is 3.65. The summed E-state index contributed by atoms with van der Waals surface area (Å²) in [6, 6.07) is 8.95. The van der Waals surface area contributed by atoms with Gasteiger partial charge in [0.25, 0.3) is 0 Å². The van der Waals surface area contributed by atoms with Gasteiger partial charge in [-0.05, 0) is 23.8 Å². The van der Waals surface area contributed by atoms with Crippen LogP contribution in [0.25, 0.3) is 5.52 Å². The number of likely N-dealkylation sites (tertiary alicyclic amines) is 1. The summed E-state index contributed by atoms with van der Waals surface area (Å²) in [5.41, 5.74) is 8.48. The zero-order valence-corrected chi connectivity index (χ0v) is 15.6. The number of aliphatic hydroxyl groups excluding tert-OH is 2. The van der Waals surface area contributed by atoms with E-state index in [0.29, 0.717) is 25.5 Å². The maximum Gasteiger partial charge on any atom is 0.158 e. The maximum absolute atomic E-state index is 10.1. The first-order chi connectivity index (χ1) is 13.5. The molecule has 2 unspecified atom stereocenters. The predicted molar refractivity (Wildman–Crippen MR) is 105 cm³/mol. The van der Waals surface area contributed by atoms with E-state index in [4.69, 9.17) is 10.5 Å². The van der Waals surface area contributed by atoms with Crippen molar-refractivity contribution in [3.63, 3.8) is 0 Å². The van der Waals surface area contributed by atoms with Crippen LogP contribution in [-0.4, -0.2) is 68.2 Å². The fraction of sp³-hybridized carbons (Fsp3) is 0.368. The highest BCUT2D eigenvalue weighted by atomic mass is 16.5. The Hall–Kier alpha value is -2.72. The second-order valence-electron chi connectivity index (χ2n) is 7.01. The minimum absolute atomic E-state index is 0.405. The summed E-state index contributed by atoms with van der Waals surface area (Å²) in [6.45, 7) is 1.35. The number of hydrogen-bond donors (Lipinski definition) is 4. The molecule has 1 saturated heterocycles. The molecule has 2 atom stereocenters. The molecule has 0 bridgehead atoms. The lowest BCUT2D eigenvalue weighted by Gasteiger charge is -2.37. The molecule has 28 heavy (non-hydrogen) atoms. The van der Waals surface area contributed by atoms with E-state index in [1.165, 1.54) is 6.33 Å². The van der Waals surface area contributed by atoms with Gasteiger partial charge in [-0.2, -0.15) is 5.10 Å². The molecule has 3 heterocycles. The molecule has 3 aromatic rings. The van der Waals surface area contributed by atoms with Crippen molar-refractivity contribution in [2.45, 2.75) is 24.8 Å². The highest BCUT2D eigenvalue weighted by Crippen LogP contribution is 2.26. The molecule has 148 valence electrons. The smallest absolute Gasteiger partial charge is 0.158 e. The van der Waals surface area contributed by atoms with Gasteiger partial charge < -0.3 is 26.0 Å². The standard InChI is InChI=1S/C19H24N6O3/c1-28-14-4-2-3-13(7-14)23-19-18-12(5-6-25(18)22-11-21-19)8-24-9-15(26)17(20)16(27)10-24/h2-7,11,15-17,26-27H,8-10,20H2,1H3,(H,21,22,23). The molecule has 0 saturated carbocycles. The number of ether oxygens (including phenoxy) is 1. The van der Waals surface area contributed by atoms with Crippen molar-refractivity contribution in [1.29, 1.82) is 0 Å². The third-order valence-corrected chi connectivity index (χ3v) is 5.04. The fourth-order valence-corrected chi connectivity index (χ4v) is 3.55. The van der Waals surface area contributed by atoms with Crippen LogP contribution in [0.3, 0.4) is 0 Å². The van der Waals surface area contributed by atoms with Gasteiger partial charge in [0.1, 0.15) is 17.6 Å². The highest BCUT2D eigenvalue weighted by Gasteiger charge is 2.32. The van der Waals surface area contributed by atoms with Gasteiger partial charge in [0.05, 0.1) is 25.4 Å². The maximum atomic E-state index is 10.1. The van der Waals surface area contributed by atoms with E-state index >= 15 is 0 Å². The molecule has 0 radical (unpaired) electrons. The fourth-order valence-electron chi connectivity index (χ4n) is 3.55. The quantitative estimate of drug-likeness (QED) is 0.497. The number of nitrogens with one attached hydrogen (secondary N) is 1. The third-order valence-electron chi connectivity index (χ3n) is 5.04. The van der Waals surface area contributed by atoms with E-state index in [-0.39, 0.29) is 0 Å². The molecule has 5 N–H and O–H groups in total. The van der Waals surface area contributed by atoms with E-state index in [1.54, 1.807) is 11.6 Å². The number of rotatable bonds is 5.